The van der Waals surface area contributed by atoms with E-state index in [1.807, 2.05) is 0 Å². The van der Waals surface area contributed by atoms with Crippen molar-refractivity contribution in [3.63, 3.8) is 0 Å². The fourth-order valence-corrected chi connectivity index (χ4v) is 4.65. The minimum atomic E-state index is -3.91. The Morgan fingerprint density at radius 2 is 2.08 bits per heavy atom. The summed E-state index contributed by atoms with van der Waals surface area (Å²) in [5.74, 6) is 0.613. The second-order valence-corrected chi connectivity index (χ2v) is 8.36. The predicted octanol–water partition coefficient (Wildman–Crippen LogP) is 3.41. The van der Waals surface area contributed by atoms with E-state index in [0.717, 1.165) is 10.9 Å². The highest BCUT2D eigenvalue weighted by Gasteiger charge is 2.21. The van der Waals surface area contributed by atoms with Crippen molar-refractivity contribution >= 4 is 27.0 Å². The number of aromatic nitrogens is 1. The predicted molar refractivity (Wildman–Crippen MR) is 96.4 cm³/mol. The highest BCUT2D eigenvalue weighted by atomic mass is 32.2. The molecule has 0 saturated heterocycles. The Bertz CT molecular complexity index is 1060. The number of nitrogens with zero attached hydrogens (tertiary/aromatic N) is 2. The molecule has 26 heavy (non-hydrogen) atoms. The van der Waals surface area contributed by atoms with Gasteiger partial charge in [-0.25, -0.2) is 18.1 Å². The number of furan rings is 1. The van der Waals surface area contributed by atoms with Crippen molar-refractivity contribution < 1.29 is 17.8 Å². The van der Waals surface area contributed by atoms with E-state index in [1.165, 1.54) is 23.5 Å². The van der Waals surface area contributed by atoms with E-state index in [2.05, 4.69) is 9.71 Å². The molecule has 1 aromatic carbocycles. The number of nitrogens with one attached hydrogen (secondary N) is 1. The number of benzene rings is 1. The molecule has 2 heterocycles. The molecule has 8 nitrogen and oxygen atoms in total. The molecular weight excluding hydrogens is 378 g/mol. The molecule has 136 valence electrons. The van der Waals surface area contributed by atoms with Crippen LogP contribution >= 0.6 is 11.3 Å². The third kappa shape index (κ3) is 3.66. The van der Waals surface area contributed by atoms with Crippen molar-refractivity contribution in [2.24, 2.45) is 0 Å². The van der Waals surface area contributed by atoms with Gasteiger partial charge >= 0.3 is 0 Å². The van der Waals surface area contributed by atoms with Gasteiger partial charge in [-0.15, -0.1) is 11.3 Å². The Morgan fingerprint density at radius 1 is 1.31 bits per heavy atom. The summed E-state index contributed by atoms with van der Waals surface area (Å²) in [6.45, 7) is 3.41. The monoisotopic (exact) mass is 393 g/mol. The molecule has 0 amide bonds. The van der Waals surface area contributed by atoms with Gasteiger partial charge in [-0.05, 0) is 31.5 Å². The number of nitro benzene ring substituents is 1. The third-order valence-corrected chi connectivity index (χ3v) is 6.43. The van der Waals surface area contributed by atoms with E-state index in [1.54, 1.807) is 32.2 Å². The molecule has 0 spiro atoms. The topological polar surface area (TPSA) is 115 Å². The second kappa shape index (κ2) is 6.98. The van der Waals surface area contributed by atoms with Gasteiger partial charge in [0.25, 0.3) is 5.69 Å². The molecule has 2 aromatic heterocycles. The minimum absolute atomic E-state index is 0.0364. The lowest BCUT2D eigenvalue weighted by molar-refractivity contribution is -0.385. The molecular formula is C16H15N3O5S2. The van der Waals surface area contributed by atoms with Crippen molar-refractivity contribution in [1.82, 2.24) is 9.71 Å². The first kappa shape index (κ1) is 18.2. The summed E-state index contributed by atoms with van der Waals surface area (Å²) in [7, 11) is -3.91. The number of hydrogen-bond acceptors (Lipinski definition) is 7. The summed E-state index contributed by atoms with van der Waals surface area (Å²) >= 11 is 1.33. The zero-order valence-corrected chi connectivity index (χ0v) is 15.6. The Labute approximate surface area is 153 Å². The van der Waals surface area contributed by atoms with Crippen LogP contribution in [0.4, 0.5) is 5.69 Å². The van der Waals surface area contributed by atoms with Crippen molar-refractivity contribution in [1.29, 1.82) is 0 Å². The Hall–Kier alpha value is -2.56. The maximum atomic E-state index is 12.6. The van der Waals surface area contributed by atoms with Crippen molar-refractivity contribution in [3.05, 3.63) is 62.8 Å². The van der Waals surface area contributed by atoms with Crippen LogP contribution in [0, 0.1) is 24.0 Å². The van der Waals surface area contributed by atoms with Gasteiger partial charge in [0.2, 0.25) is 10.0 Å². The summed E-state index contributed by atoms with van der Waals surface area (Å²) in [6, 6.07) is 7.28. The van der Waals surface area contributed by atoms with Crippen LogP contribution in [0.3, 0.4) is 0 Å². The van der Waals surface area contributed by atoms with Crippen LogP contribution in [0.1, 0.15) is 16.1 Å². The lowest BCUT2D eigenvalue weighted by Gasteiger charge is -2.08. The van der Waals surface area contributed by atoms with Gasteiger partial charge in [0.15, 0.2) is 10.8 Å². The van der Waals surface area contributed by atoms with E-state index in [-0.39, 0.29) is 17.1 Å². The average Bonchev–Trinajstić information content (AvgIpc) is 3.22. The SMILES string of the molecule is Cc1ccc([N+](=O)[O-])cc1S(=O)(=O)NCc1sc(-c2ccco2)nc1C. The van der Waals surface area contributed by atoms with E-state index in [9.17, 15) is 18.5 Å². The molecule has 10 heteroatoms. The molecule has 0 saturated carbocycles. The molecule has 0 aliphatic rings. The zero-order chi connectivity index (χ0) is 18.9. The van der Waals surface area contributed by atoms with Crippen molar-refractivity contribution in [3.8, 4) is 10.8 Å². The quantitative estimate of drug-likeness (QED) is 0.507. The van der Waals surface area contributed by atoms with Gasteiger partial charge in [0, 0.05) is 23.6 Å². The third-order valence-electron chi connectivity index (χ3n) is 3.72. The fraction of sp³-hybridized carbons (Fsp3) is 0.188. The Balaban J connectivity index is 1.83. The molecule has 0 aliphatic heterocycles. The average molecular weight is 393 g/mol. The molecule has 0 radical (unpaired) electrons. The number of aryl methyl sites for hydroxylation is 2. The zero-order valence-electron chi connectivity index (χ0n) is 13.9. The normalized spacial score (nSPS) is 11.6. The van der Waals surface area contributed by atoms with Gasteiger partial charge in [-0.2, -0.15) is 0 Å². The lowest BCUT2D eigenvalue weighted by Crippen LogP contribution is -2.24. The largest absolute Gasteiger partial charge is 0.462 e. The van der Waals surface area contributed by atoms with Gasteiger partial charge in [0.1, 0.15) is 0 Å². The summed E-state index contributed by atoms with van der Waals surface area (Å²) in [5, 5.41) is 11.6. The Morgan fingerprint density at radius 3 is 2.73 bits per heavy atom. The number of sulfonamides is 1. The molecule has 3 rings (SSSR count). The number of nitro groups is 1. The second-order valence-electron chi connectivity index (χ2n) is 5.54. The standard InChI is InChI=1S/C16H15N3O5S2/c1-10-5-6-12(19(20)21)8-15(10)26(22,23)17-9-14-11(2)18-16(25-14)13-4-3-7-24-13/h3-8,17H,9H2,1-2H3. The van der Waals surface area contributed by atoms with E-state index in [0.29, 0.717) is 22.0 Å². The van der Waals surface area contributed by atoms with Crippen LogP contribution in [0.2, 0.25) is 0 Å². The van der Waals surface area contributed by atoms with Crippen LogP contribution in [-0.4, -0.2) is 18.3 Å². The van der Waals surface area contributed by atoms with E-state index in [4.69, 9.17) is 4.42 Å². The summed E-state index contributed by atoms with van der Waals surface area (Å²) < 4.78 is 32.9. The van der Waals surface area contributed by atoms with Crippen LogP contribution in [0.25, 0.3) is 10.8 Å². The molecule has 1 N–H and O–H groups in total. The van der Waals surface area contributed by atoms with Gasteiger partial charge < -0.3 is 4.42 Å². The molecule has 0 unspecified atom stereocenters. The smallest absolute Gasteiger partial charge is 0.270 e. The molecule has 0 aliphatic carbocycles. The van der Waals surface area contributed by atoms with Crippen molar-refractivity contribution in [2.45, 2.75) is 25.3 Å². The maximum absolute atomic E-state index is 12.6. The van der Waals surface area contributed by atoms with E-state index >= 15 is 0 Å². The highest BCUT2D eigenvalue weighted by Crippen LogP contribution is 2.28. The van der Waals surface area contributed by atoms with Gasteiger partial charge in [-0.3, -0.25) is 10.1 Å². The number of rotatable bonds is 6. The number of non-ortho nitro benzene ring substituents is 1. The minimum Gasteiger partial charge on any atom is -0.462 e. The Kier molecular flexibility index (Phi) is 4.90. The highest BCUT2D eigenvalue weighted by molar-refractivity contribution is 7.89. The first-order chi connectivity index (χ1) is 12.3. The summed E-state index contributed by atoms with van der Waals surface area (Å²) in [6.07, 6.45) is 1.54. The van der Waals surface area contributed by atoms with E-state index < -0.39 is 14.9 Å². The summed E-state index contributed by atoms with van der Waals surface area (Å²) in [5.41, 5.74) is 0.852. The first-order valence-electron chi connectivity index (χ1n) is 7.53. The first-order valence-corrected chi connectivity index (χ1v) is 9.83. The van der Waals surface area contributed by atoms with Crippen LogP contribution in [-0.2, 0) is 16.6 Å². The van der Waals surface area contributed by atoms with Crippen molar-refractivity contribution in [2.75, 3.05) is 0 Å². The lowest BCUT2D eigenvalue weighted by atomic mass is 10.2. The van der Waals surface area contributed by atoms with Gasteiger partial charge in [-0.1, -0.05) is 6.07 Å². The number of hydrogen-bond donors (Lipinski definition) is 1. The van der Waals surface area contributed by atoms with Crippen LogP contribution < -0.4 is 4.72 Å². The van der Waals surface area contributed by atoms with Gasteiger partial charge in [0.05, 0.1) is 21.8 Å². The van der Waals surface area contributed by atoms with Crippen LogP contribution in [0.15, 0.2) is 45.9 Å². The van der Waals surface area contributed by atoms with Crippen LogP contribution in [0.5, 0.6) is 0 Å². The summed E-state index contributed by atoms with van der Waals surface area (Å²) in [4.78, 5) is 15.3. The number of thiazole rings is 1. The molecule has 0 fully saturated rings. The molecule has 3 aromatic rings. The fourth-order valence-electron chi connectivity index (χ4n) is 2.33. The molecule has 0 atom stereocenters. The molecule has 0 bridgehead atoms. The maximum Gasteiger partial charge on any atom is 0.270 e.